The van der Waals surface area contributed by atoms with Gasteiger partial charge in [0.2, 0.25) is 0 Å². The van der Waals surface area contributed by atoms with Gasteiger partial charge in [-0.15, -0.1) is 0 Å². The number of amides is 1. The second-order valence-electron chi connectivity index (χ2n) is 5.73. The van der Waals surface area contributed by atoms with E-state index in [1.165, 1.54) is 25.7 Å². The summed E-state index contributed by atoms with van der Waals surface area (Å²) >= 11 is 0. The molecule has 0 unspecified atom stereocenters. The van der Waals surface area contributed by atoms with Crippen LogP contribution in [0.15, 0.2) is 12.4 Å². The van der Waals surface area contributed by atoms with Gasteiger partial charge in [-0.05, 0) is 19.3 Å². The predicted octanol–water partition coefficient (Wildman–Crippen LogP) is 3.14. The van der Waals surface area contributed by atoms with Crippen LogP contribution in [0.25, 0.3) is 0 Å². The molecule has 1 aromatic heterocycles. The first kappa shape index (κ1) is 15.7. The van der Waals surface area contributed by atoms with E-state index < -0.39 is 0 Å². The van der Waals surface area contributed by atoms with Crippen molar-refractivity contribution < 1.29 is 4.79 Å². The quantitative estimate of drug-likeness (QED) is 0.624. The second-order valence-corrected chi connectivity index (χ2v) is 5.73. The maximum atomic E-state index is 12.2. The van der Waals surface area contributed by atoms with Gasteiger partial charge < -0.3 is 10.6 Å². The Hall–Kier alpha value is -1.65. The zero-order valence-corrected chi connectivity index (χ0v) is 12.9. The highest BCUT2D eigenvalue weighted by atomic mass is 16.1. The maximum absolute atomic E-state index is 12.2. The molecule has 5 heteroatoms. The molecule has 1 saturated carbocycles. The fourth-order valence-corrected chi connectivity index (χ4v) is 2.61. The summed E-state index contributed by atoms with van der Waals surface area (Å²) in [6.07, 6.45) is 12.6. The number of hydrogen-bond acceptors (Lipinski definition) is 4. The highest BCUT2D eigenvalue weighted by Crippen LogP contribution is 2.17. The largest absolute Gasteiger partial charge is 0.369 e. The van der Waals surface area contributed by atoms with Crippen molar-refractivity contribution in [3.63, 3.8) is 0 Å². The van der Waals surface area contributed by atoms with Gasteiger partial charge in [0, 0.05) is 12.6 Å². The topological polar surface area (TPSA) is 66.9 Å². The summed E-state index contributed by atoms with van der Waals surface area (Å²) in [6, 6.07) is 0.296. The first-order valence-corrected chi connectivity index (χ1v) is 8.16. The summed E-state index contributed by atoms with van der Waals surface area (Å²) in [4.78, 5) is 20.6. The summed E-state index contributed by atoms with van der Waals surface area (Å²) < 4.78 is 0. The lowest BCUT2D eigenvalue weighted by molar-refractivity contribution is 0.0928. The molecule has 0 atom stereocenters. The van der Waals surface area contributed by atoms with Crippen LogP contribution in [0.2, 0.25) is 0 Å². The number of aromatic nitrogens is 2. The fraction of sp³-hybridized carbons (Fsp3) is 0.688. The first-order chi connectivity index (χ1) is 10.3. The van der Waals surface area contributed by atoms with Gasteiger partial charge in [-0.1, -0.05) is 39.0 Å². The van der Waals surface area contributed by atoms with E-state index in [0.717, 1.165) is 38.0 Å². The summed E-state index contributed by atoms with van der Waals surface area (Å²) in [5.41, 5.74) is 0.403. The van der Waals surface area contributed by atoms with Crippen LogP contribution >= 0.6 is 0 Å². The van der Waals surface area contributed by atoms with E-state index in [4.69, 9.17) is 0 Å². The molecule has 0 bridgehead atoms. The van der Waals surface area contributed by atoms with Gasteiger partial charge in [0.1, 0.15) is 11.5 Å². The molecule has 0 spiro atoms. The third kappa shape index (κ3) is 5.33. The minimum absolute atomic E-state index is 0.102. The van der Waals surface area contributed by atoms with Crippen LogP contribution < -0.4 is 10.6 Å². The molecule has 0 aliphatic heterocycles. The SMILES string of the molecule is CCCCNc1cnc(C(=O)NC2CCCCCC2)cn1. The van der Waals surface area contributed by atoms with Crippen LogP contribution in [-0.2, 0) is 0 Å². The molecule has 1 amide bonds. The van der Waals surface area contributed by atoms with E-state index in [0.29, 0.717) is 11.7 Å². The van der Waals surface area contributed by atoms with Gasteiger partial charge in [-0.3, -0.25) is 4.79 Å². The number of hydrogen-bond donors (Lipinski definition) is 2. The Bertz CT molecular complexity index is 424. The van der Waals surface area contributed by atoms with Gasteiger partial charge in [-0.25, -0.2) is 9.97 Å². The molecule has 5 nitrogen and oxygen atoms in total. The van der Waals surface area contributed by atoms with Gasteiger partial charge in [0.05, 0.1) is 12.4 Å². The van der Waals surface area contributed by atoms with E-state index in [9.17, 15) is 4.79 Å². The fourth-order valence-electron chi connectivity index (χ4n) is 2.61. The summed E-state index contributed by atoms with van der Waals surface area (Å²) in [7, 11) is 0. The van der Waals surface area contributed by atoms with Crippen LogP contribution in [0, 0.1) is 0 Å². The van der Waals surface area contributed by atoms with E-state index in [1.807, 2.05) is 0 Å². The molecule has 1 fully saturated rings. The minimum Gasteiger partial charge on any atom is -0.369 e. The van der Waals surface area contributed by atoms with Crippen molar-refractivity contribution in [3.8, 4) is 0 Å². The Balaban J connectivity index is 1.84. The Morgan fingerprint density at radius 1 is 1.19 bits per heavy atom. The van der Waals surface area contributed by atoms with Crippen molar-refractivity contribution in [2.75, 3.05) is 11.9 Å². The van der Waals surface area contributed by atoms with E-state index in [-0.39, 0.29) is 5.91 Å². The molecular formula is C16H26N4O. The standard InChI is InChI=1S/C16H26N4O/c1-2-3-10-17-15-12-18-14(11-19-15)16(21)20-13-8-6-4-5-7-9-13/h11-13H,2-10H2,1H3,(H,17,19)(H,20,21). The zero-order chi connectivity index (χ0) is 14.9. The minimum atomic E-state index is -0.102. The van der Waals surface area contributed by atoms with Crippen LogP contribution in [0.3, 0.4) is 0 Å². The van der Waals surface area contributed by atoms with Crippen molar-refractivity contribution in [1.82, 2.24) is 15.3 Å². The monoisotopic (exact) mass is 290 g/mol. The lowest BCUT2D eigenvalue weighted by Crippen LogP contribution is -2.34. The van der Waals surface area contributed by atoms with E-state index >= 15 is 0 Å². The molecular weight excluding hydrogens is 264 g/mol. The van der Waals surface area contributed by atoms with Gasteiger partial charge in [0.25, 0.3) is 5.91 Å². The van der Waals surface area contributed by atoms with Crippen molar-refractivity contribution in [2.45, 2.75) is 64.3 Å². The Morgan fingerprint density at radius 2 is 1.95 bits per heavy atom. The van der Waals surface area contributed by atoms with Crippen molar-refractivity contribution in [1.29, 1.82) is 0 Å². The lowest BCUT2D eigenvalue weighted by Gasteiger charge is -2.15. The number of unbranched alkanes of at least 4 members (excludes halogenated alkanes) is 1. The number of rotatable bonds is 6. The Kier molecular flexibility index (Phi) is 6.44. The van der Waals surface area contributed by atoms with Crippen molar-refractivity contribution in [3.05, 3.63) is 18.1 Å². The third-order valence-electron chi connectivity index (χ3n) is 3.91. The summed E-state index contributed by atoms with van der Waals surface area (Å²) in [5, 5.41) is 6.28. The van der Waals surface area contributed by atoms with Crippen LogP contribution in [-0.4, -0.2) is 28.5 Å². The second kappa shape index (κ2) is 8.60. The highest BCUT2D eigenvalue weighted by Gasteiger charge is 2.16. The van der Waals surface area contributed by atoms with Gasteiger partial charge in [0.15, 0.2) is 0 Å². The molecule has 1 heterocycles. The summed E-state index contributed by atoms with van der Waals surface area (Å²) in [6.45, 7) is 3.03. The zero-order valence-electron chi connectivity index (χ0n) is 12.9. The molecule has 0 radical (unpaired) electrons. The predicted molar refractivity (Wildman–Crippen MR) is 84.4 cm³/mol. The number of nitrogens with zero attached hydrogens (tertiary/aromatic N) is 2. The number of carbonyl (C=O) groups excluding carboxylic acids is 1. The molecule has 0 saturated heterocycles. The molecule has 1 aromatic rings. The normalized spacial score (nSPS) is 16.2. The molecule has 1 aliphatic rings. The molecule has 1 aliphatic carbocycles. The maximum Gasteiger partial charge on any atom is 0.271 e. The van der Waals surface area contributed by atoms with Gasteiger partial charge >= 0.3 is 0 Å². The van der Waals surface area contributed by atoms with E-state index in [1.54, 1.807) is 12.4 Å². The van der Waals surface area contributed by atoms with Crippen LogP contribution in [0.5, 0.6) is 0 Å². The Morgan fingerprint density at radius 3 is 2.57 bits per heavy atom. The lowest BCUT2D eigenvalue weighted by atomic mass is 10.1. The van der Waals surface area contributed by atoms with Crippen molar-refractivity contribution in [2.24, 2.45) is 0 Å². The van der Waals surface area contributed by atoms with Crippen molar-refractivity contribution >= 4 is 11.7 Å². The number of carbonyl (C=O) groups is 1. The average molecular weight is 290 g/mol. The molecule has 2 rings (SSSR count). The highest BCUT2D eigenvalue weighted by molar-refractivity contribution is 5.92. The first-order valence-electron chi connectivity index (χ1n) is 8.16. The Labute approximate surface area is 127 Å². The average Bonchev–Trinajstić information content (AvgIpc) is 2.77. The molecule has 2 N–H and O–H groups in total. The van der Waals surface area contributed by atoms with E-state index in [2.05, 4.69) is 27.5 Å². The van der Waals surface area contributed by atoms with Crippen LogP contribution in [0.1, 0.15) is 68.8 Å². The van der Waals surface area contributed by atoms with Crippen LogP contribution in [0.4, 0.5) is 5.82 Å². The molecule has 0 aromatic carbocycles. The van der Waals surface area contributed by atoms with Gasteiger partial charge in [-0.2, -0.15) is 0 Å². The molecule has 116 valence electrons. The third-order valence-corrected chi connectivity index (χ3v) is 3.91. The number of anilines is 1. The summed E-state index contributed by atoms with van der Waals surface area (Å²) in [5.74, 6) is 0.629. The number of nitrogens with one attached hydrogen (secondary N) is 2. The molecule has 21 heavy (non-hydrogen) atoms. The smallest absolute Gasteiger partial charge is 0.271 e.